The maximum atomic E-state index is 9.94. The molecular weight excluding hydrogens is 284 g/mol. The monoisotopic (exact) mass is 304 g/mol. The summed E-state index contributed by atoms with van der Waals surface area (Å²) in [6.45, 7) is 4.36. The predicted octanol–water partition coefficient (Wildman–Crippen LogP) is 4.95. The molecule has 0 atom stereocenters. The molecule has 0 heterocycles. The molecular formula is C21H20O2. The molecule has 0 unspecified atom stereocenters. The van der Waals surface area contributed by atoms with Gasteiger partial charge >= 0.3 is 0 Å². The van der Waals surface area contributed by atoms with Crippen LogP contribution in [0.15, 0.2) is 36.4 Å². The third kappa shape index (κ3) is 1.94. The van der Waals surface area contributed by atoms with Gasteiger partial charge in [0.25, 0.3) is 0 Å². The van der Waals surface area contributed by atoms with Crippen molar-refractivity contribution in [2.75, 3.05) is 0 Å². The van der Waals surface area contributed by atoms with Crippen molar-refractivity contribution in [3.05, 3.63) is 58.7 Å². The topological polar surface area (TPSA) is 40.5 Å². The van der Waals surface area contributed by atoms with E-state index in [-0.39, 0.29) is 0 Å². The molecule has 1 aliphatic rings. The van der Waals surface area contributed by atoms with E-state index in [1.54, 1.807) is 12.1 Å². The Morgan fingerprint density at radius 3 is 2.26 bits per heavy atom. The lowest BCUT2D eigenvalue weighted by atomic mass is 9.87. The fourth-order valence-corrected chi connectivity index (χ4v) is 4.13. The van der Waals surface area contributed by atoms with Gasteiger partial charge < -0.3 is 10.2 Å². The fraction of sp³-hybridized carbons (Fsp3) is 0.238. The van der Waals surface area contributed by atoms with E-state index < -0.39 is 0 Å². The van der Waals surface area contributed by atoms with Crippen LogP contribution in [0.2, 0.25) is 0 Å². The van der Waals surface area contributed by atoms with Gasteiger partial charge in [0.15, 0.2) is 0 Å². The summed E-state index contributed by atoms with van der Waals surface area (Å²) >= 11 is 0. The zero-order valence-corrected chi connectivity index (χ0v) is 13.5. The number of fused-ring (bicyclic) bond motifs is 4. The van der Waals surface area contributed by atoms with Crippen molar-refractivity contribution in [3.63, 3.8) is 0 Å². The molecule has 4 rings (SSSR count). The molecule has 23 heavy (non-hydrogen) atoms. The van der Waals surface area contributed by atoms with Crippen LogP contribution in [-0.4, -0.2) is 10.2 Å². The summed E-state index contributed by atoms with van der Waals surface area (Å²) < 4.78 is 0. The molecule has 0 bridgehead atoms. The van der Waals surface area contributed by atoms with Crippen LogP contribution in [0.1, 0.15) is 36.1 Å². The van der Waals surface area contributed by atoms with Crippen LogP contribution >= 0.6 is 0 Å². The Labute approximate surface area is 136 Å². The van der Waals surface area contributed by atoms with E-state index in [0.717, 1.165) is 19.3 Å². The maximum absolute atomic E-state index is 9.94. The third-order valence-corrected chi connectivity index (χ3v) is 5.05. The molecule has 0 fully saturated rings. The Kier molecular flexibility index (Phi) is 3.08. The summed E-state index contributed by atoms with van der Waals surface area (Å²) in [5.74, 6) is 0.650. The van der Waals surface area contributed by atoms with E-state index >= 15 is 0 Å². The molecule has 2 heteroatoms. The van der Waals surface area contributed by atoms with E-state index in [9.17, 15) is 10.2 Å². The molecule has 0 aromatic heterocycles. The standard InChI is InChI=1S/C21H20O2/c1-3-15-19-11-14(23)6-8-18(19)16(4-2)21-17-7-5-13(22)9-12(17)10-20(15)21/h5-9,11,22-23H,3-4,10H2,1-2H3. The van der Waals surface area contributed by atoms with Crippen molar-refractivity contribution < 1.29 is 10.2 Å². The van der Waals surface area contributed by atoms with Gasteiger partial charge in [-0.2, -0.15) is 0 Å². The number of aryl methyl sites for hydroxylation is 2. The minimum Gasteiger partial charge on any atom is -0.508 e. The smallest absolute Gasteiger partial charge is 0.116 e. The second kappa shape index (κ2) is 5.02. The highest BCUT2D eigenvalue weighted by Gasteiger charge is 2.26. The van der Waals surface area contributed by atoms with Crippen LogP contribution in [0.25, 0.3) is 21.9 Å². The Hall–Kier alpha value is -2.48. The van der Waals surface area contributed by atoms with E-state index in [1.165, 1.54) is 44.2 Å². The number of aromatic hydroxyl groups is 2. The summed E-state index contributed by atoms with van der Waals surface area (Å²) in [5, 5.41) is 22.2. The summed E-state index contributed by atoms with van der Waals surface area (Å²) in [6, 6.07) is 11.4. The third-order valence-electron chi connectivity index (χ3n) is 5.05. The molecule has 0 amide bonds. The maximum Gasteiger partial charge on any atom is 0.116 e. The average Bonchev–Trinajstić information content (AvgIpc) is 2.90. The van der Waals surface area contributed by atoms with E-state index in [2.05, 4.69) is 13.8 Å². The van der Waals surface area contributed by atoms with Gasteiger partial charge in [0.2, 0.25) is 0 Å². The minimum atomic E-state index is 0.322. The van der Waals surface area contributed by atoms with Gasteiger partial charge in [-0.15, -0.1) is 0 Å². The molecule has 0 saturated heterocycles. The molecule has 3 aromatic rings. The SMILES string of the molecule is CCc1c2c(c(CC)c3ccc(O)cc13)-c1ccc(O)cc1C2. The number of rotatable bonds is 2. The predicted molar refractivity (Wildman–Crippen MR) is 94.3 cm³/mol. The van der Waals surface area contributed by atoms with Gasteiger partial charge in [-0.1, -0.05) is 26.0 Å². The summed E-state index contributed by atoms with van der Waals surface area (Å²) in [5.41, 5.74) is 7.82. The largest absolute Gasteiger partial charge is 0.508 e. The van der Waals surface area contributed by atoms with Crippen LogP contribution < -0.4 is 0 Å². The molecule has 1 aliphatic carbocycles. The number of phenolic OH excluding ortho intramolecular Hbond substituents is 2. The molecule has 0 radical (unpaired) electrons. The van der Waals surface area contributed by atoms with Crippen molar-refractivity contribution in [1.82, 2.24) is 0 Å². The molecule has 2 N–H and O–H groups in total. The molecule has 3 aromatic carbocycles. The average molecular weight is 304 g/mol. The van der Waals surface area contributed by atoms with Gasteiger partial charge in [0.1, 0.15) is 11.5 Å². The fourth-order valence-electron chi connectivity index (χ4n) is 4.13. The van der Waals surface area contributed by atoms with Gasteiger partial charge in [0, 0.05) is 0 Å². The first-order valence-corrected chi connectivity index (χ1v) is 8.25. The lowest BCUT2D eigenvalue weighted by molar-refractivity contribution is 0.474. The number of hydrogen-bond acceptors (Lipinski definition) is 2. The Morgan fingerprint density at radius 2 is 1.52 bits per heavy atom. The zero-order valence-electron chi connectivity index (χ0n) is 13.5. The van der Waals surface area contributed by atoms with Crippen molar-refractivity contribution in [2.24, 2.45) is 0 Å². The van der Waals surface area contributed by atoms with Crippen molar-refractivity contribution in [2.45, 2.75) is 33.1 Å². The van der Waals surface area contributed by atoms with Crippen molar-refractivity contribution >= 4 is 10.8 Å². The number of phenols is 2. The molecule has 0 aliphatic heterocycles. The van der Waals surface area contributed by atoms with Gasteiger partial charge in [-0.25, -0.2) is 0 Å². The Morgan fingerprint density at radius 1 is 0.826 bits per heavy atom. The summed E-state index contributed by atoms with van der Waals surface area (Å²) in [6.07, 6.45) is 2.75. The molecule has 0 saturated carbocycles. The second-order valence-corrected chi connectivity index (χ2v) is 6.27. The minimum absolute atomic E-state index is 0.322. The van der Waals surface area contributed by atoms with E-state index in [1.807, 2.05) is 24.3 Å². The molecule has 0 spiro atoms. The summed E-state index contributed by atoms with van der Waals surface area (Å²) in [4.78, 5) is 0. The zero-order chi connectivity index (χ0) is 16.1. The van der Waals surface area contributed by atoms with Gasteiger partial charge in [-0.05, 0) is 87.7 Å². The van der Waals surface area contributed by atoms with E-state index in [4.69, 9.17) is 0 Å². The van der Waals surface area contributed by atoms with Crippen LogP contribution in [0.5, 0.6) is 11.5 Å². The molecule has 116 valence electrons. The second-order valence-electron chi connectivity index (χ2n) is 6.27. The van der Waals surface area contributed by atoms with Crippen LogP contribution in [0, 0.1) is 0 Å². The Bertz CT molecular complexity index is 938. The quantitative estimate of drug-likeness (QED) is 0.550. The Balaban J connectivity index is 2.16. The first-order valence-electron chi connectivity index (χ1n) is 8.25. The number of hydrogen-bond donors (Lipinski definition) is 2. The van der Waals surface area contributed by atoms with Crippen LogP contribution in [0.3, 0.4) is 0 Å². The normalized spacial score (nSPS) is 12.4. The highest BCUT2D eigenvalue weighted by atomic mass is 16.3. The van der Waals surface area contributed by atoms with Crippen molar-refractivity contribution in [3.8, 4) is 22.6 Å². The van der Waals surface area contributed by atoms with E-state index in [0.29, 0.717) is 11.5 Å². The van der Waals surface area contributed by atoms with Crippen LogP contribution in [-0.2, 0) is 19.3 Å². The summed E-state index contributed by atoms with van der Waals surface area (Å²) in [7, 11) is 0. The van der Waals surface area contributed by atoms with Crippen LogP contribution in [0.4, 0.5) is 0 Å². The molecule has 2 nitrogen and oxygen atoms in total. The highest BCUT2D eigenvalue weighted by Crippen LogP contribution is 2.46. The van der Waals surface area contributed by atoms with Gasteiger partial charge in [0.05, 0.1) is 0 Å². The van der Waals surface area contributed by atoms with Gasteiger partial charge in [-0.3, -0.25) is 0 Å². The number of benzene rings is 3. The highest BCUT2D eigenvalue weighted by molar-refractivity contribution is 5.99. The lowest BCUT2D eigenvalue weighted by Gasteiger charge is -2.17. The lowest BCUT2D eigenvalue weighted by Crippen LogP contribution is -1.98. The first kappa shape index (κ1) is 14.1. The van der Waals surface area contributed by atoms with Crippen molar-refractivity contribution in [1.29, 1.82) is 0 Å². The first-order chi connectivity index (χ1) is 11.1.